The number of nitrogens with one attached hydrogen (secondary N) is 2. The van der Waals surface area contributed by atoms with Crippen LogP contribution in [0.3, 0.4) is 0 Å². The number of thioether (sulfide) groups is 1. The van der Waals surface area contributed by atoms with Crippen LogP contribution in [-0.2, 0) is 14.3 Å². The standard InChI is InChI=1S/C24H30N2O7S/c1-31-21(9-5-6-10-22(28)26-30)23(19-7-3-4-8-20(19)32-16-15-27)33-24(29)25-17-11-13-18(34-2)14-12-17/h3-4,6-8,10-14,21,23,27,30H,5,9,15-16H2,1-2H3,(H,25,29)(H,26,28)/b10-6+/t21-,23-/m1/s1. The average molecular weight is 491 g/mol. The van der Waals surface area contributed by atoms with Gasteiger partial charge in [-0.25, -0.2) is 10.3 Å². The summed E-state index contributed by atoms with van der Waals surface area (Å²) in [4.78, 5) is 25.0. The third-order valence-corrected chi connectivity index (χ3v) is 5.53. The Labute approximate surface area is 203 Å². The minimum absolute atomic E-state index is 0.0778. The molecule has 184 valence electrons. The molecule has 0 aliphatic carbocycles. The zero-order valence-electron chi connectivity index (χ0n) is 19.1. The molecule has 0 unspecified atom stereocenters. The number of para-hydroxylation sites is 1. The summed E-state index contributed by atoms with van der Waals surface area (Å²) in [6, 6.07) is 14.4. The van der Waals surface area contributed by atoms with Gasteiger partial charge in [0.2, 0.25) is 0 Å². The van der Waals surface area contributed by atoms with Crippen LogP contribution in [0, 0.1) is 0 Å². The molecule has 0 heterocycles. The second-order valence-electron chi connectivity index (χ2n) is 7.02. The minimum atomic E-state index is -0.842. The molecule has 2 rings (SSSR count). The lowest BCUT2D eigenvalue weighted by Crippen LogP contribution is -2.28. The summed E-state index contributed by atoms with van der Waals surface area (Å²) in [5.74, 6) is -0.188. The van der Waals surface area contributed by atoms with Gasteiger partial charge >= 0.3 is 6.09 Å². The maximum atomic E-state index is 12.8. The zero-order chi connectivity index (χ0) is 24.8. The third kappa shape index (κ3) is 8.71. The molecular formula is C24H30N2O7S. The molecule has 34 heavy (non-hydrogen) atoms. The normalized spacial score (nSPS) is 12.7. The smallest absolute Gasteiger partial charge is 0.412 e. The largest absolute Gasteiger partial charge is 0.491 e. The number of anilines is 1. The molecule has 2 aromatic carbocycles. The van der Waals surface area contributed by atoms with Crippen LogP contribution in [-0.4, -0.2) is 55.0 Å². The number of ether oxygens (including phenoxy) is 3. The number of methoxy groups -OCH3 is 1. The number of carbonyl (C=O) groups excluding carboxylic acids is 2. The van der Waals surface area contributed by atoms with Gasteiger partial charge < -0.3 is 19.3 Å². The predicted molar refractivity (Wildman–Crippen MR) is 129 cm³/mol. The van der Waals surface area contributed by atoms with E-state index in [0.29, 0.717) is 29.8 Å². The van der Waals surface area contributed by atoms with Crippen molar-refractivity contribution in [3.05, 3.63) is 66.2 Å². The lowest BCUT2D eigenvalue weighted by molar-refractivity contribution is -0.124. The second-order valence-corrected chi connectivity index (χ2v) is 7.90. The van der Waals surface area contributed by atoms with E-state index in [1.807, 2.05) is 18.4 Å². The highest BCUT2D eigenvalue weighted by Crippen LogP contribution is 2.33. The van der Waals surface area contributed by atoms with E-state index in [4.69, 9.17) is 24.5 Å². The van der Waals surface area contributed by atoms with Crippen molar-refractivity contribution < 1.29 is 34.1 Å². The molecule has 0 aliphatic heterocycles. The predicted octanol–water partition coefficient (Wildman–Crippen LogP) is 3.93. The molecule has 0 saturated carbocycles. The first kappa shape index (κ1) is 27.2. The van der Waals surface area contributed by atoms with E-state index < -0.39 is 24.2 Å². The Bertz CT molecular complexity index is 937. The van der Waals surface area contributed by atoms with Gasteiger partial charge in [0.25, 0.3) is 5.91 Å². The highest BCUT2D eigenvalue weighted by Gasteiger charge is 2.29. The van der Waals surface area contributed by atoms with Gasteiger partial charge in [0.05, 0.1) is 12.7 Å². The molecule has 4 N–H and O–H groups in total. The number of aliphatic hydroxyl groups is 1. The number of benzene rings is 2. The fourth-order valence-corrected chi connectivity index (χ4v) is 3.57. The van der Waals surface area contributed by atoms with Crippen LogP contribution in [0.15, 0.2) is 65.6 Å². The first-order valence-electron chi connectivity index (χ1n) is 10.6. The first-order valence-corrected chi connectivity index (χ1v) is 11.8. The summed E-state index contributed by atoms with van der Waals surface area (Å²) in [5.41, 5.74) is 2.68. The van der Waals surface area contributed by atoms with Gasteiger partial charge in [-0.2, -0.15) is 0 Å². The summed E-state index contributed by atoms with van der Waals surface area (Å²) in [7, 11) is 1.50. The van der Waals surface area contributed by atoms with Crippen LogP contribution in [0.1, 0.15) is 24.5 Å². The molecular weight excluding hydrogens is 460 g/mol. The van der Waals surface area contributed by atoms with Crippen molar-refractivity contribution in [3.63, 3.8) is 0 Å². The van der Waals surface area contributed by atoms with Crippen molar-refractivity contribution in [1.82, 2.24) is 5.48 Å². The summed E-state index contributed by atoms with van der Waals surface area (Å²) in [5, 5.41) is 20.5. The number of hydrogen-bond acceptors (Lipinski definition) is 8. The van der Waals surface area contributed by atoms with E-state index in [9.17, 15) is 9.59 Å². The van der Waals surface area contributed by atoms with E-state index in [-0.39, 0.29) is 13.2 Å². The molecule has 10 heteroatoms. The van der Waals surface area contributed by atoms with Crippen molar-refractivity contribution in [2.24, 2.45) is 0 Å². The van der Waals surface area contributed by atoms with Gasteiger partial charge in [-0.1, -0.05) is 24.3 Å². The third-order valence-electron chi connectivity index (χ3n) is 4.78. The number of allylic oxidation sites excluding steroid dienone is 1. The molecule has 0 saturated heterocycles. The maximum absolute atomic E-state index is 12.8. The van der Waals surface area contributed by atoms with Gasteiger partial charge in [-0.15, -0.1) is 11.8 Å². The fourth-order valence-electron chi connectivity index (χ4n) is 3.16. The molecule has 0 aromatic heterocycles. The monoisotopic (exact) mass is 490 g/mol. The first-order chi connectivity index (χ1) is 16.5. The second kappa shape index (κ2) is 15.0. The Morgan fingerprint density at radius 1 is 1.15 bits per heavy atom. The summed E-state index contributed by atoms with van der Waals surface area (Å²) in [6.45, 7) is -0.0911. The molecule has 0 fully saturated rings. The summed E-state index contributed by atoms with van der Waals surface area (Å²) >= 11 is 1.60. The van der Waals surface area contributed by atoms with Gasteiger partial charge in [-0.05, 0) is 49.4 Å². The van der Waals surface area contributed by atoms with Crippen molar-refractivity contribution in [3.8, 4) is 5.75 Å². The Hall–Kier alpha value is -3.05. The zero-order valence-corrected chi connectivity index (χ0v) is 19.9. The van der Waals surface area contributed by atoms with E-state index in [2.05, 4.69) is 5.32 Å². The van der Waals surface area contributed by atoms with Crippen LogP contribution in [0.5, 0.6) is 5.75 Å². The number of carbonyl (C=O) groups is 2. The molecule has 9 nitrogen and oxygen atoms in total. The molecule has 0 aliphatic rings. The Balaban J connectivity index is 2.24. The van der Waals surface area contributed by atoms with Crippen LogP contribution in [0.4, 0.5) is 10.5 Å². The number of rotatable bonds is 13. The van der Waals surface area contributed by atoms with Crippen molar-refractivity contribution in [2.75, 3.05) is 31.9 Å². The van der Waals surface area contributed by atoms with Crippen LogP contribution in [0.2, 0.25) is 0 Å². The van der Waals surface area contributed by atoms with E-state index >= 15 is 0 Å². The SMILES string of the molecule is CO[C@H](CC/C=C/C(=O)NO)[C@H](OC(=O)Nc1ccc(SC)cc1)c1ccccc1OCCO. The van der Waals surface area contributed by atoms with Crippen molar-refractivity contribution in [2.45, 2.75) is 29.9 Å². The number of hydrogen-bond donors (Lipinski definition) is 4. The van der Waals surface area contributed by atoms with Gasteiger partial charge in [0.1, 0.15) is 12.4 Å². The quantitative estimate of drug-likeness (QED) is 0.144. The molecule has 0 bridgehead atoms. The Morgan fingerprint density at radius 3 is 2.53 bits per heavy atom. The lowest BCUT2D eigenvalue weighted by atomic mass is 9.99. The lowest BCUT2D eigenvalue weighted by Gasteiger charge is -2.27. The maximum Gasteiger partial charge on any atom is 0.412 e. The van der Waals surface area contributed by atoms with Crippen LogP contribution in [0.25, 0.3) is 0 Å². The van der Waals surface area contributed by atoms with Gasteiger partial charge in [0, 0.05) is 29.3 Å². The van der Waals surface area contributed by atoms with Crippen molar-refractivity contribution in [1.29, 1.82) is 0 Å². The van der Waals surface area contributed by atoms with Gasteiger partial charge in [-0.3, -0.25) is 15.3 Å². The highest BCUT2D eigenvalue weighted by molar-refractivity contribution is 7.98. The number of hydroxylamine groups is 1. The fraction of sp³-hybridized carbons (Fsp3) is 0.333. The molecule has 0 spiro atoms. The molecule has 2 aromatic rings. The average Bonchev–Trinajstić information content (AvgIpc) is 2.87. The number of aliphatic hydroxyl groups excluding tert-OH is 1. The van der Waals surface area contributed by atoms with Crippen molar-refractivity contribution >= 4 is 29.4 Å². The minimum Gasteiger partial charge on any atom is -0.491 e. The topological polar surface area (TPSA) is 126 Å². The van der Waals surface area contributed by atoms with E-state index in [0.717, 1.165) is 4.90 Å². The highest BCUT2D eigenvalue weighted by atomic mass is 32.2. The Morgan fingerprint density at radius 2 is 1.88 bits per heavy atom. The number of amides is 2. The van der Waals surface area contributed by atoms with Crippen LogP contribution < -0.4 is 15.5 Å². The summed E-state index contributed by atoms with van der Waals surface area (Å²) in [6.07, 6.45) is 3.48. The molecule has 0 radical (unpaired) electrons. The molecule has 2 atom stereocenters. The van der Waals surface area contributed by atoms with Crippen LogP contribution >= 0.6 is 11.8 Å². The van der Waals surface area contributed by atoms with E-state index in [1.165, 1.54) is 18.7 Å². The van der Waals surface area contributed by atoms with Gasteiger partial charge in [0.15, 0.2) is 6.10 Å². The summed E-state index contributed by atoms with van der Waals surface area (Å²) < 4.78 is 17.1. The molecule has 2 amide bonds. The van der Waals surface area contributed by atoms with E-state index in [1.54, 1.807) is 54.2 Å². The Kier molecular flexibility index (Phi) is 12.0.